The number of aliphatic hydroxyl groups is 2. The van der Waals surface area contributed by atoms with Gasteiger partial charge in [0.1, 0.15) is 0 Å². The highest BCUT2D eigenvalue weighted by molar-refractivity contribution is 8.26. The van der Waals surface area contributed by atoms with Crippen molar-refractivity contribution < 1.29 is 14.4 Å². The molecule has 0 radical (unpaired) electrons. The summed E-state index contributed by atoms with van der Waals surface area (Å²) in [6.07, 6.45) is 3.30. The van der Waals surface area contributed by atoms with E-state index >= 15 is 0 Å². The number of rotatable bonds is 4. The number of nitrogens with zero attached hydrogens (tertiary/aromatic N) is 2. The standard InChI is InChI=1S/C7H7Cl2N.C7H9NO2.CH2Cl2.Cl2OS/c8-4-6-2-1-3-10-7(6)5-9;9-4-6-2-1-3-8-7(6)5-10;2-1-3;1-4(2)3/h1-3H,4-5H2;1-3,9-10H,4-5H2;1H2;. The zero-order valence-corrected chi connectivity index (χ0v) is 19.2. The summed E-state index contributed by atoms with van der Waals surface area (Å²) in [6, 6.07) is 7.24. The molecular formula is C15H18Cl6N2O3S. The molecular weight excluding hydrogens is 501 g/mol. The quantitative estimate of drug-likeness (QED) is 0.435. The van der Waals surface area contributed by atoms with Crippen LogP contribution in [-0.4, -0.2) is 29.7 Å². The van der Waals surface area contributed by atoms with Crippen LogP contribution in [0.2, 0.25) is 0 Å². The largest absolute Gasteiger partial charge is 0.392 e. The molecule has 0 saturated heterocycles. The van der Waals surface area contributed by atoms with E-state index in [0.29, 0.717) is 23.0 Å². The van der Waals surface area contributed by atoms with Gasteiger partial charge in [0, 0.05) is 45.2 Å². The maximum absolute atomic E-state index is 9.09. The lowest BCUT2D eigenvalue weighted by Crippen LogP contribution is -1.95. The fourth-order valence-corrected chi connectivity index (χ4v) is 1.95. The van der Waals surface area contributed by atoms with Gasteiger partial charge in [-0.1, -0.05) is 12.1 Å². The lowest BCUT2D eigenvalue weighted by atomic mass is 10.2. The Morgan fingerprint density at radius 1 is 0.815 bits per heavy atom. The fraction of sp³-hybridized carbons (Fsp3) is 0.333. The average Bonchev–Trinajstić information content (AvgIpc) is 2.68. The molecule has 0 aromatic carbocycles. The lowest BCUT2D eigenvalue weighted by molar-refractivity contribution is 0.256. The second-order valence-corrected chi connectivity index (χ2v) is 7.95. The summed E-state index contributed by atoms with van der Waals surface area (Å²) in [5.41, 5.74) is 3.12. The Kier molecular flexibility index (Phi) is 22.6. The summed E-state index contributed by atoms with van der Waals surface area (Å²) in [5, 5.41) is 17.6. The molecule has 0 bridgehead atoms. The second kappa shape index (κ2) is 20.8. The van der Waals surface area contributed by atoms with Gasteiger partial charge in [-0.05, 0) is 17.7 Å². The number of hydrogen-bond donors (Lipinski definition) is 2. The van der Waals surface area contributed by atoms with Gasteiger partial charge in [-0.2, -0.15) is 0 Å². The van der Waals surface area contributed by atoms with Crippen molar-refractivity contribution in [1.82, 2.24) is 9.97 Å². The van der Waals surface area contributed by atoms with Crippen molar-refractivity contribution in [2.24, 2.45) is 0 Å². The van der Waals surface area contributed by atoms with Crippen LogP contribution >= 0.6 is 67.8 Å². The van der Waals surface area contributed by atoms with Crippen LogP contribution in [0.5, 0.6) is 0 Å². The first-order valence-electron chi connectivity index (χ1n) is 6.97. The molecule has 0 aliphatic heterocycles. The van der Waals surface area contributed by atoms with Gasteiger partial charge in [0.15, 0.2) is 0 Å². The zero-order chi connectivity index (χ0) is 21.1. The minimum Gasteiger partial charge on any atom is -0.392 e. The first kappa shape index (κ1) is 29.3. The maximum Gasteiger partial charge on any atom is 0.211 e. The minimum atomic E-state index is -1.67. The molecule has 12 heteroatoms. The van der Waals surface area contributed by atoms with Crippen molar-refractivity contribution in [3.63, 3.8) is 0 Å². The van der Waals surface area contributed by atoms with Gasteiger partial charge < -0.3 is 10.2 Å². The van der Waals surface area contributed by atoms with Crippen LogP contribution in [0.4, 0.5) is 0 Å². The summed E-state index contributed by atoms with van der Waals surface area (Å²) in [7, 11) is 7.36. The number of aliphatic hydroxyl groups excluding tert-OH is 2. The fourth-order valence-electron chi connectivity index (χ4n) is 1.47. The second-order valence-electron chi connectivity index (χ2n) is 4.09. The van der Waals surface area contributed by atoms with Crippen LogP contribution in [0.3, 0.4) is 0 Å². The Hall–Kier alpha value is 0.110. The van der Waals surface area contributed by atoms with E-state index in [1.807, 2.05) is 12.1 Å². The molecule has 0 amide bonds. The molecule has 0 saturated carbocycles. The van der Waals surface area contributed by atoms with Gasteiger partial charge >= 0.3 is 0 Å². The van der Waals surface area contributed by atoms with Crippen molar-refractivity contribution in [3.05, 3.63) is 59.2 Å². The van der Waals surface area contributed by atoms with Crippen LogP contribution < -0.4 is 0 Å². The lowest BCUT2D eigenvalue weighted by Gasteiger charge is -1.99. The van der Waals surface area contributed by atoms with E-state index < -0.39 is 9.23 Å². The number of aromatic nitrogens is 2. The van der Waals surface area contributed by atoms with Crippen LogP contribution in [0.25, 0.3) is 0 Å². The summed E-state index contributed by atoms with van der Waals surface area (Å²) < 4.78 is 9.09. The third-order valence-electron chi connectivity index (χ3n) is 2.56. The van der Waals surface area contributed by atoms with E-state index in [9.17, 15) is 0 Å². The van der Waals surface area contributed by atoms with Crippen LogP contribution in [-0.2, 0) is 34.2 Å². The normalized spacial score (nSPS) is 9.22. The summed E-state index contributed by atoms with van der Waals surface area (Å²) in [6.45, 7) is -0.180. The number of halogens is 6. The molecule has 0 atom stereocenters. The van der Waals surface area contributed by atoms with Gasteiger partial charge in [-0.25, -0.2) is 4.21 Å². The molecule has 5 nitrogen and oxygen atoms in total. The molecule has 0 fully saturated rings. The number of hydrogen-bond acceptors (Lipinski definition) is 5. The highest BCUT2D eigenvalue weighted by atomic mass is 36.0. The highest BCUT2D eigenvalue weighted by Crippen LogP contribution is 2.10. The Morgan fingerprint density at radius 2 is 1.26 bits per heavy atom. The Labute approximate surface area is 190 Å². The predicted molar refractivity (Wildman–Crippen MR) is 116 cm³/mol. The first-order valence-corrected chi connectivity index (χ1v) is 11.9. The molecule has 2 aromatic heterocycles. The van der Waals surface area contributed by atoms with Crippen LogP contribution in [0.15, 0.2) is 36.7 Å². The predicted octanol–water partition coefficient (Wildman–Crippen LogP) is 5.09. The van der Waals surface area contributed by atoms with E-state index in [4.69, 9.17) is 60.8 Å². The van der Waals surface area contributed by atoms with Crippen molar-refractivity contribution in [1.29, 1.82) is 0 Å². The molecule has 0 unspecified atom stereocenters. The van der Waals surface area contributed by atoms with Gasteiger partial charge in [-0.3, -0.25) is 9.97 Å². The number of alkyl halides is 4. The van der Waals surface area contributed by atoms with E-state index in [-0.39, 0.29) is 18.6 Å². The van der Waals surface area contributed by atoms with E-state index in [2.05, 4.69) is 31.3 Å². The van der Waals surface area contributed by atoms with Crippen molar-refractivity contribution in [2.45, 2.75) is 25.0 Å². The molecule has 0 spiro atoms. The maximum atomic E-state index is 9.09. The molecule has 0 aliphatic carbocycles. The molecule has 2 heterocycles. The SMILES string of the molecule is ClCCl.ClCc1cccnc1CCl.O=S(Cl)Cl.OCc1cccnc1CO. The molecule has 27 heavy (non-hydrogen) atoms. The first-order chi connectivity index (χ1) is 12.9. The molecule has 2 rings (SSSR count). The van der Waals surface area contributed by atoms with Gasteiger partial charge in [-0.15, -0.1) is 46.4 Å². The van der Waals surface area contributed by atoms with Crippen molar-refractivity contribution in [2.75, 3.05) is 5.34 Å². The molecule has 0 aliphatic rings. The van der Waals surface area contributed by atoms with Crippen molar-refractivity contribution >= 4 is 77.0 Å². The Balaban J connectivity index is 0. The van der Waals surface area contributed by atoms with Crippen molar-refractivity contribution in [3.8, 4) is 0 Å². The minimum absolute atomic E-state index is 0.0657. The zero-order valence-electron chi connectivity index (χ0n) is 13.9. The summed E-state index contributed by atoms with van der Waals surface area (Å²) in [5.74, 6) is 0.915. The van der Waals surface area contributed by atoms with E-state index in [1.165, 1.54) is 0 Å². The Bertz CT molecular complexity index is 543. The van der Waals surface area contributed by atoms with Crippen LogP contribution in [0.1, 0.15) is 22.5 Å². The average molecular weight is 519 g/mol. The monoisotopic (exact) mass is 516 g/mol. The molecule has 2 aromatic rings. The van der Waals surface area contributed by atoms with Gasteiger partial charge in [0.25, 0.3) is 0 Å². The molecule has 154 valence electrons. The summed E-state index contributed by atoms with van der Waals surface area (Å²) >= 11 is 20.7. The van der Waals surface area contributed by atoms with E-state index in [0.717, 1.165) is 11.3 Å². The molecule has 2 N–H and O–H groups in total. The Morgan fingerprint density at radius 3 is 1.56 bits per heavy atom. The smallest absolute Gasteiger partial charge is 0.211 e. The third-order valence-corrected chi connectivity index (χ3v) is 3.10. The topological polar surface area (TPSA) is 83.3 Å². The number of pyridine rings is 2. The third kappa shape index (κ3) is 16.7. The van der Waals surface area contributed by atoms with Gasteiger partial charge in [0.2, 0.25) is 9.23 Å². The van der Waals surface area contributed by atoms with Gasteiger partial charge in [0.05, 0.1) is 35.8 Å². The van der Waals surface area contributed by atoms with Crippen LogP contribution in [0, 0.1) is 0 Å². The summed E-state index contributed by atoms with van der Waals surface area (Å²) in [4.78, 5) is 7.91. The van der Waals surface area contributed by atoms with E-state index in [1.54, 1.807) is 24.5 Å². The highest BCUT2D eigenvalue weighted by Gasteiger charge is 1.98.